The molecule has 0 radical (unpaired) electrons. The van der Waals surface area contributed by atoms with Gasteiger partial charge in [-0.25, -0.2) is 0 Å². The Bertz CT molecular complexity index is 993. The van der Waals surface area contributed by atoms with E-state index in [4.69, 9.17) is 9.47 Å². The summed E-state index contributed by atoms with van der Waals surface area (Å²) in [6.07, 6.45) is 0. The molecule has 0 atom stereocenters. The number of amides is 1. The molecule has 6 heteroatoms. The van der Waals surface area contributed by atoms with Crippen LogP contribution < -0.4 is 14.8 Å². The van der Waals surface area contributed by atoms with Gasteiger partial charge < -0.3 is 14.8 Å². The van der Waals surface area contributed by atoms with Crippen LogP contribution in [0.5, 0.6) is 11.5 Å². The number of nitrogens with one attached hydrogen (secondary N) is 1. The summed E-state index contributed by atoms with van der Waals surface area (Å²) < 4.78 is 13.1. The Hall–Kier alpha value is -3.28. The molecule has 0 aliphatic carbocycles. The Morgan fingerprint density at radius 1 is 1.00 bits per heavy atom. The second-order valence-electron chi connectivity index (χ2n) is 6.94. The van der Waals surface area contributed by atoms with Crippen molar-refractivity contribution in [2.45, 2.75) is 26.9 Å². The highest BCUT2D eigenvalue weighted by Crippen LogP contribution is 2.30. The van der Waals surface area contributed by atoms with Crippen LogP contribution in [0.3, 0.4) is 0 Å². The molecule has 144 valence electrons. The summed E-state index contributed by atoms with van der Waals surface area (Å²) in [6.45, 7) is 6.27. The van der Waals surface area contributed by atoms with E-state index in [0.29, 0.717) is 31.9 Å². The average molecular weight is 377 g/mol. The Balaban J connectivity index is 1.36. The van der Waals surface area contributed by atoms with Crippen LogP contribution in [0.25, 0.3) is 0 Å². The normalized spacial score (nSPS) is 12.6. The van der Waals surface area contributed by atoms with Crippen molar-refractivity contribution < 1.29 is 14.3 Å². The molecule has 2 aromatic carbocycles. The van der Waals surface area contributed by atoms with Crippen molar-refractivity contribution in [1.29, 1.82) is 0 Å². The van der Waals surface area contributed by atoms with Crippen molar-refractivity contribution >= 4 is 5.91 Å². The predicted molar refractivity (Wildman–Crippen MR) is 106 cm³/mol. The number of hydrogen-bond acceptors (Lipinski definition) is 4. The monoisotopic (exact) mass is 377 g/mol. The molecule has 6 nitrogen and oxygen atoms in total. The molecule has 0 saturated carbocycles. The van der Waals surface area contributed by atoms with Gasteiger partial charge in [-0.05, 0) is 55.3 Å². The third-order valence-corrected chi connectivity index (χ3v) is 4.71. The molecule has 4 rings (SSSR count). The first kappa shape index (κ1) is 18.1. The Morgan fingerprint density at radius 3 is 2.43 bits per heavy atom. The summed E-state index contributed by atoms with van der Waals surface area (Å²) in [5.41, 5.74) is 4.84. The van der Waals surface area contributed by atoms with E-state index in [0.717, 1.165) is 34.0 Å². The molecular formula is C22H23N3O3. The van der Waals surface area contributed by atoms with Crippen LogP contribution in [0.4, 0.5) is 0 Å². The lowest BCUT2D eigenvalue weighted by Gasteiger charge is -2.19. The molecule has 2 heterocycles. The maximum atomic E-state index is 12.4. The summed E-state index contributed by atoms with van der Waals surface area (Å²) in [5.74, 6) is 1.37. The topological polar surface area (TPSA) is 65.4 Å². The van der Waals surface area contributed by atoms with Gasteiger partial charge in [0.25, 0.3) is 5.91 Å². The van der Waals surface area contributed by atoms with Crippen LogP contribution in [0, 0.1) is 13.8 Å². The molecule has 1 aromatic heterocycles. The van der Waals surface area contributed by atoms with Crippen LogP contribution >= 0.6 is 0 Å². The van der Waals surface area contributed by atoms with E-state index in [9.17, 15) is 4.79 Å². The summed E-state index contributed by atoms with van der Waals surface area (Å²) >= 11 is 0. The highest BCUT2D eigenvalue weighted by atomic mass is 16.6. The lowest BCUT2D eigenvalue weighted by molar-refractivity contribution is 0.0951. The molecule has 0 bridgehead atoms. The van der Waals surface area contributed by atoms with E-state index >= 15 is 0 Å². The fraction of sp³-hybridized carbons (Fsp3) is 0.273. The number of aryl methyl sites for hydroxylation is 2. The second kappa shape index (κ2) is 7.76. The highest BCUT2D eigenvalue weighted by molar-refractivity contribution is 5.94. The quantitative estimate of drug-likeness (QED) is 0.741. The zero-order valence-corrected chi connectivity index (χ0v) is 16.1. The van der Waals surface area contributed by atoms with Gasteiger partial charge in [0, 0.05) is 17.8 Å². The number of rotatable bonds is 5. The number of carbonyl (C=O) groups excluding carboxylic acids is 1. The molecule has 1 aliphatic heterocycles. The molecule has 0 fully saturated rings. The van der Waals surface area contributed by atoms with Crippen molar-refractivity contribution in [2.75, 3.05) is 13.2 Å². The van der Waals surface area contributed by atoms with Crippen molar-refractivity contribution in [3.8, 4) is 11.5 Å². The molecule has 1 aliphatic rings. The number of nitrogens with zero attached hydrogens (tertiary/aromatic N) is 2. The summed E-state index contributed by atoms with van der Waals surface area (Å²) in [6, 6.07) is 15.4. The van der Waals surface area contributed by atoms with Crippen molar-refractivity contribution in [3.05, 3.63) is 76.6 Å². The fourth-order valence-corrected chi connectivity index (χ4v) is 3.25. The first-order chi connectivity index (χ1) is 13.6. The van der Waals surface area contributed by atoms with E-state index in [2.05, 4.69) is 16.5 Å². The molecular weight excluding hydrogens is 354 g/mol. The Kier molecular flexibility index (Phi) is 5.02. The number of hydrogen-bond donors (Lipinski definition) is 1. The zero-order chi connectivity index (χ0) is 19.5. The minimum atomic E-state index is -0.104. The summed E-state index contributed by atoms with van der Waals surface area (Å²) in [4.78, 5) is 12.4. The van der Waals surface area contributed by atoms with E-state index in [1.165, 1.54) is 0 Å². The summed E-state index contributed by atoms with van der Waals surface area (Å²) in [5, 5.41) is 7.43. The Labute approximate surface area is 164 Å². The first-order valence-electron chi connectivity index (χ1n) is 9.35. The van der Waals surface area contributed by atoms with Crippen LogP contribution in [-0.2, 0) is 13.1 Å². The van der Waals surface area contributed by atoms with Crippen LogP contribution in [0.15, 0.2) is 48.5 Å². The SMILES string of the molecule is Cc1cc(C)n(Cc2ccc(C(=O)NCc3ccc4c(c3)OCCO4)cc2)n1. The van der Waals surface area contributed by atoms with Gasteiger partial charge in [0.2, 0.25) is 0 Å². The predicted octanol–water partition coefficient (Wildman–Crippen LogP) is 3.25. The van der Waals surface area contributed by atoms with Crippen molar-refractivity contribution in [1.82, 2.24) is 15.1 Å². The maximum Gasteiger partial charge on any atom is 0.251 e. The second-order valence-corrected chi connectivity index (χ2v) is 6.94. The smallest absolute Gasteiger partial charge is 0.251 e. The van der Waals surface area contributed by atoms with Crippen LogP contribution in [-0.4, -0.2) is 28.9 Å². The van der Waals surface area contributed by atoms with Gasteiger partial charge in [-0.15, -0.1) is 0 Å². The van der Waals surface area contributed by atoms with Gasteiger partial charge >= 0.3 is 0 Å². The van der Waals surface area contributed by atoms with Gasteiger partial charge in [0.05, 0.1) is 12.2 Å². The maximum absolute atomic E-state index is 12.4. The van der Waals surface area contributed by atoms with E-state index in [1.807, 2.05) is 61.0 Å². The van der Waals surface area contributed by atoms with Gasteiger partial charge in [0.15, 0.2) is 11.5 Å². The zero-order valence-electron chi connectivity index (χ0n) is 16.1. The lowest BCUT2D eigenvalue weighted by atomic mass is 10.1. The minimum absolute atomic E-state index is 0.104. The molecule has 0 unspecified atom stereocenters. The van der Waals surface area contributed by atoms with Crippen LogP contribution in [0.2, 0.25) is 0 Å². The third-order valence-electron chi connectivity index (χ3n) is 4.71. The average Bonchev–Trinajstić information content (AvgIpc) is 3.03. The van der Waals surface area contributed by atoms with Gasteiger partial charge in [0.1, 0.15) is 13.2 Å². The van der Waals surface area contributed by atoms with Crippen molar-refractivity contribution in [2.24, 2.45) is 0 Å². The molecule has 3 aromatic rings. The first-order valence-corrected chi connectivity index (χ1v) is 9.35. The van der Waals surface area contributed by atoms with Gasteiger partial charge in [-0.3, -0.25) is 9.48 Å². The number of ether oxygens (including phenoxy) is 2. The van der Waals surface area contributed by atoms with Crippen LogP contribution in [0.1, 0.15) is 32.9 Å². The molecule has 0 spiro atoms. The Morgan fingerprint density at radius 2 is 1.71 bits per heavy atom. The number of aromatic nitrogens is 2. The van der Waals surface area contributed by atoms with E-state index in [-0.39, 0.29) is 5.91 Å². The standard InChI is InChI=1S/C22H23N3O3/c1-15-11-16(2)25(24-15)14-17-3-6-19(7-4-17)22(26)23-13-18-5-8-20-21(12-18)28-10-9-27-20/h3-8,11-12H,9-10,13-14H2,1-2H3,(H,23,26). The summed E-state index contributed by atoms with van der Waals surface area (Å²) in [7, 11) is 0. The molecule has 1 N–H and O–H groups in total. The van der Waals surface area contributed by atoms with Gasteiger partial charge in [-0.2, -0.15) is 5.10 Å². The molecule has 1 amide bonds. The third kappa shape index (κ3) is 4.01. The van der Waals surface area contributed by atoms with Crippen molar-refractivity contribution in [3.63, 3.8) is 0 Å². The highest BCUT2D eigenvalue weighted by Gasteiger charge is 2.12. The molecule has 28 heavy (non-hydrogen) atoms. The fourth-order valence-electron chi connectivity index (χ4n) is 3.25. The lowest BCUT2D eigenvalue weighted by Crippen LogP contribution is -2.23. The number of benzene rings is 2. The number of fused-ring (bicyclic) bond motifs is 1. The van der Waals surface area contributed by atoms with E-state index in [1.54, 1.807) is 0 Å². The molecule has 0 saturated heterocycles. The number of carbonyl (C=O) groups is 1. The largest absolute Gasteiger partial charge is 0.486 e. The van der Waals surface area contributed by atoms with E-state index < -0.39 is 0 Å². The van der Waals surface area contributed by atoms with Gasteiger partial charge in [-0.1, -0.05) is 18.2 Å². The minimum Gasteiger partial charge on any atom is -0.486 e.